The van der Waals surface area contributed by atoms with Gasteiger partial charge in [0.05, 0.1) is 4.47 Å². The topological polar surface area (TPSA) is 28.7 Å². The molecule has 0 aliphatic heterocycles. The molecule has 1 aliphatic rings. The lowest BCUT2D eigenvalue weighted by Gasteiger charge is -2.08. The van der Waals surface area contributed by atoms with Gasteiger partial charge in [-0.05, 0) is 46.5 Å². The first kappa shape index (κ1) is 12.9. The molecule has 2 nitrogen and oxygen atoms in total. The average molecular weight is 339 g/mol. The van der Waals surface area contributed by atoms with Crippen LogP contribution in [-0.4, -0.2) is 9.97 Å². The van der Waals surface area contributed by atoms with Gasteiger partial charge in [0.2, 0.25) is 0 Å². The van der Waals surface area contributed by atoms with E-state index in [1.54, 1.807) is 12.1 Å². The number of nitrogens with zero attached hydrogens (tertiary/aromatic N) is 1. The van der Waals surface area contributed by atoms with Gasteiger partial charge < -0.3 is 4.98 Å². The van der Waals surface area contributed by atoms with Crippen molar-refractivity contribution in [1.29, 1.82) is 0 Å². The zero-order valence-corrected chi connectivity index (χ0v) is 12.5. The molecule has 0 spiro atoms. The first-order valence-corrected chi connectivity index (χ1v) is 7.36. The molecule has 0 atom stereocenters. The molecule has 1 fully saturated rings. The average Bonchev–Trinajstić information content (AvgIpc) is 3.21. The summed E-state index contributed by atoms with van der Waals surface area (Å²) in [6.45, 7) is 0. The van der Waals surface area contributed by atoms with Crippen molar-refractivity contribution in [3.05, 3.63) is 56.3 Å². The molecule has 1 heterocycles. The Morgan fingerprint density at radius 3 is 2.63 bits per heavy atom. The molecule has 1 N–H and O–H groups in total. The minimum absolute atomic E-state index is 0.223. The van der Waals surface area contributed by atoms with Crippen molar-refractivity contribution in [2.24, 2.45) is 0 Å². The minimum Gasteiger partial charge on any atom is -0.346 e. The molecule has 3 rings (SSSR count). The zero-order valence-electron chi connectivity index (χ0n) is 10.1. The summed E-state index contributed by atoms with van der Waals surface area (Å²) in [5.41, 5.74) is 2.17. The molecule has 5 heteroatoms. The number of benzene rings is 1. The summed E-state index contributed by atoms with van der Waals surface area (Å²) in [7, 11) is 0. The maximum absolute atomic E-state index is 12.9. The van der Waals surface area contributed by atoms with E-state index in [4.69, 9.17) is 12.2 Å². The van der Waals surface area contributed by atoms with Crippen LogP contribution in [0.25, 0.3) is 0 Å². The predicted molar refractivity (Wildman–Crippen MR) is 78.3 cm³/mol. The van der Waals surface area contributed by atoms with Crippen LogP contribution < -0.4 is 0 Å². The Morgan fingerprint density at radius 2 is 2.00 bits per heavy atom. The zero-order chi connectivity index (χ0) is 13.4. The number of rotatable bonds is 3. The van der Waals surface area contributed by atoms with Crippen molar-refractivity contribution in [3.63, 3.8) is 0 Å². The Hall–Kier alpha value is -1.07. The van der Waals surface area contributed by atoms with Gasteiger partial charge in [-0.3, -0.25) is 0 Å². The fourth-order valence-electron chi connectivity index (χ4n) is 2.06. The van der Waals surface area contributed by atoms with E-state index in [2.05, 4.69) is 25.9 Å². The molecule has 0 saturated heterocycles. The van der Waals surface area contributed by atoms with Crippen LogP contribution in [0, 0.1) is 10.5 Å². The molecule has 0 bridgehead atoms. The van der Waals surface area contributed by atoms with E-state index in [0.29, 0.717) is 17.0 Å². The highest BCUT2D eigenvalue weighted by Crippen LogP contribution is 2.42. The predicted octanol–water partition coefficient (Wildman–Crippen LogP) is 4.51. The smallest absolute Gasteiger partial charge is 0.144 e. The van der Waals surface area contributed by atoms with Crippen molar-refractivity contribution in [2.75, 3.05) is 0 Å². The van der Waals surface area contributed by atoms with Gasteiger partial charge >= 0.3 is 0 Å². The Bertz CT molecular complexity index is 662. The molecule has 1 aromatic heterocycles. The summed E-state index contributed by atoms with van der Waals surface area (Å²) in [6.07, 6.45) is 3.03. The standard InChI is InChI=1S/C14H12BrFN2S/c15-12-13(9-3-4-9)17-11(18-14(12)19)7-8-1-5-10(16)6-2-8/h1-2,5-6,9H,3-4,7H2,(H,17,18,19). The lowest BCUT2D eigenvalue weighted by atomic mass is 10.1. The summed E-state index contributed by atoms with van der Waals surface area (Å²) < 4.78 is 14.4. The van der Waals surface area contributed by atoms with Gasteiger partial charge in [-0.15, -0.1) is 0 Å². The molecule has 2 aromatic rings. The van der Waals surface area contributed by atoms with E-state index in [9.17, 15) is 4.39 Å². The Labute approximate surface area is 124 Å². The molecular weight excluding hydrogens is 327 g/mol. The third kappa shape index (κ3) is 2.92. The first-order valence-electron chi connectivity index (χ1n) is 6.16. The van der Waals surface area contributed by atoms with Crippen molar-refractivity contribution >= 4 is 28.1 Å². The van der Waals surface area contributed by atoms with Crippen LogP contribution in [0.15, 0.2) is 28.7 Å². The molecule has 0 amide bonds. The second-order valence-electron chi connectivity index (χ2n) is 4.79. The van der Waals surface area contributed by atoms with Gasteiger partial charge in [-0.25, -0.2) is 9.37 Å². The molecular formula is C14H12BrFN2S. The summed E-state index contributed by atoms with van der Waals surface area (Å²) >= 11 is 8.78. The fraction of sp³-hybridized carbons (Fsp3) is 0.286. The second kappa shape index (κ2) is 5.13. The Balaban J connectivity index is 1.92. The molecule has 0 radical (unpaired) electrons. The quantitative estimate of drug-likeness (QED) is 0.834. The summed E-state index contributed by atoms with van der Waals surface area (Å²) in [4.78, 5) is 7.74. The van der Waals surface area contributed by atoms with Gasteiger partial charge in [0.15, 0.2) is 0 Å². The number of hydrogen-bond acceptors (Lipinski definition) is 2. The maximum atomic E-state index is 12.9. The molecule has 1 saturated carbocycles. The van der Waals surface area contributed by atoms with E-state index in [1.807, 2.05) is 0 Å². The fourth-order valence-corrected chi connectivity index (χ4v) is 2.79. The highest BCUT2D eigenvalue weighted by molar-refractivity contribution is 9.10. The van der Waals surface area contributed by atoms with Gasteiger partial charge in [-0.1, -0.05) is 24.4 Å². The number of hydrogen-bond donors (Lipinski definition) is 1. The monoisotopic (exact) mass is 338 g/mol. The molecule has 0 unspecified atom stereocenters. The van der Waals surface area contributed by atoms with E-state index in [1.165, 1.54) is 25.0 Å². The van der Waals surface area contributed by atoms with Gasteiger partial charge in [0.1, 0.15) is 16.3 Å². The molecule has 1 aromatic carbocycles. The van der Waals surface area contributed by atoms with Crippen LogP contribution in [0.4, 0.5) is 4.39 Å². The molecule has 19 heavy (non-hydrogen) atoms. The van der Waals surface area contributed by atoms with E-state index >= 15 is 0 Å². The summed E-state index contributed by atoms with van der Waals surface area (Å²) in [6, 6.07) is 6.47. The Morgan fingerprint density at radius 1 is 1.32 bits per heavy atom. The molecule has 1 aliphatic carbocycles. The van der Waals surface area contributed by atoms with Crippen LogP contribution in [0.1, 0.15) is 35.8 Å². The highest BCUT2D eigenvalue weighted by atomic mass is 79.9. The third-order valence-corrected chi connectivity index (χ3v) is 4.57. The lowest BCUT2D eigenvalue weighted by Crippen LogP contribution is -2.02. The third-order valence-electron chi connectivity index (χ3n) is 3.21. The summed E-state index contributed by atoms with van der Waals surface area (Å²) in [5.74, 6) is 1.19. The molecule has 98 valence electrons. The highest BCUT2D eigenvalue weighted by Gasteiger charge is 2.27. The van der Waals surface area contributed by atoms with Crippen LogP contribution in [0.3, 0.4) is 0 Å². The van der Waals surface area contributed by atoms with E-state index in [0.717, 1.165) is 21.6 Å². The Kier molecular flexibility index (Phi) is 3.50. The van der Waals surface area contributed by atoms with Crippen LogP contribution in [0.5, 0.6) is 0 Å². The number of H-pyrrole nitrogens is 1. The number of halogens is 2. The largest absolute Gasteiger partial charge is 0.346 e. The lowest BCUT2D eigenvalue weighted by molar-refractivity contribution is 0.627. The van der Waals surface area contributed by atoms with Crippen molar-refractivity contribution in [3.8, 4) is 0 Å². The summed E-state index contributed by atoms with van der Waals surface area (Å²) in [5, 5.41) is 0. The van der Waals surface area contributed by atoms with Gasteiger partial charge in [-0.2, -0.15) is 0 Å². The number of nitrogens with one attached hydrogen (secondary N) is 1. The van der Waals surface area contributed by atoms with E-state index < -0.39 is 0 Å². The van der Waals surface area contributed by atoms with E-state index in [-0.39, 0.29) is 5.82 Å². The second-order valence-corrected chi connectivity index (χ2v) is 5.97. The maximum Gasteiger partial charge on any atom is 0.144 e. The van der Waals surface area contributed by atoms with Gasteiger partial charge in [0.25, 0.3) is 0 Å². The number of aromatic nitrogens is 2. The van der Waals surface area contributed by atoms with Crippen molar-refractivity contribution < 1.29 is 4.39 Å². The van der Waals surface area contributed by atoms with Crippen LogP contribution in [-0.2, 0) is 6.42 Å². The van der Waals surface area contributed by atoms with Gasteiger partial charge in [0, 0.05) is 18.0 Å². The van der Waals surface area contributed by atoms with Crippen LogP contribution >= 0.6 is 28.1 Å². The SMILES string of the molecule is Fc1ccc(Cc2nc(=S)c(Br)c(C3CC3)[nH]2)cc1. The van der Waals surface area contributed by atoms with Crippen molar-refractivity contribution in [1.82, 2.24) is 9.97 Å². The van der Waals surface area contributed by atoms with Crippen LogP contribution in [0.2, 0.25) is 0 Å². The van der Waals surface area contributed by atoms with Crippen molar-refractivity contribution in [2.45, 2.75) is 25.2 Å². The first-order chi connectivity index (χ1) is 9.13. The normalized spacial score (nSPS) is 14.6. The number of aromatic amines is 1. The minimum atomic E-state index is -0.223.